The standard InChI is InChI=1S/C38H23BrN2/c39-28-18-20-34-32(23-28)31-22-27(17-19-33(31)40(34)29-10-2-1-3-11-29)26-9-4-12-30(21-26)41-35-13-5-7-24-15-16-25-8-6-14-36(41)38(25)37(24)35/h1-23H. The second-order valence-electron chi connectivity index (χ2n) is 10.8. The molecule has 7 aromatic carbocycles. The van der Waals surface area contributed by atoms with Gasteiger partial charge in [-0.25, -0.2) is 0 Å². The smallest absolute Gasteiger partial charge is 0.0547 e. The summed E-state index contributed by atoms with van der Waals surface area (Å²) in [4.78, 5) is 0. The maximum absolute atomic E-state index is 3.72. The first-order chi connectivity index (χ1) is 20.2. The molecule has 2 heterocycles. The largest absolute Gasteiger partial charge is 0.309 e. The monoisotopic (exact) mass is 586 g/mol. The molecule has 0 atom stereocenters. The Morgan fingerprint density at radius 1 is 0.390 bits per heavy atom. The van der Waals surface area contributed by atoms with Crippen LogP contribution >= 0.6 is 15.9 Å². The van der Waals surface area contributed by atoms with E-state index in [1.54, 1.807) is 0 Å². The number of nitrogens with zero attached hydrogens (tertiary/aromatic N) is 2. The van der Waals surface area contributed by atoms with Gasteiger partial charge in [0.1, 0.15) is 0 Å². The molecule has 0 aliphatic rings. The first-order valence-electron chi connectivity index (χ1n) is 13.9. The van der Waals surface area contributed by atoms with Gasteiger partial charge in [0.2, 0.25) is 0 Å². The Hall–Kier alpha value is -4.86. The number of rotatable bonds is 3. The number of para-hydroxylation sites is 1. The maximum atomic E-state index is 3.72. The summed E-state index contributed by atoms with van der Waals surface area (Å²) in [6, 6.07) is 50.8. The highest BCUT2D eigenvalue weighted by molar-refractivity contribution is 9.10. The van der Waals surface area contributed by atoms with E-state index in [1.807, 2.05) is 0 Å². The van der Waals surface area contributed by atoms with E-state index < -0.39 is 0 Å². The Bertz CT molecular complexity index is 2360. The number of benzene rings is 7. The Balaban J connectivity index is 1.27. The van der Waals surface area contributed by atoms with Crippen LogP contribution in [0.2, 0.25) is 0 Å². The van der Waals surface area contributed by atoms with Crippen molar-refractivity contribution in [3.8, 4) is 22.5 Å². The summed E-state index contributed by atoms with van der Waals surface area (Å²) in [5, 5.41) is 7.74. The van der Waals surface area contributed by atoms with Crippen molar-refractivity contribution in [1.82, 2.24) is 9.13 Å². The third kappa shape index (κ3) is 3.30. The van der Waals surface area contributed by atoms with Crippen LogP contribution in [0.25, 0.3) is 76.9 Å². The molecule has 0 amide bonds. The van der Waals surface area contributed by atoms with Gasteiger partial charge in [-0.1, -0.05) is 88.7 Å². The third-order valence-corrected chi connectivity index (χ3v) is 9.00. The number of hydrogen-bond donors (Lipinski definition) is 0. The van der Waals surface area contributed by atoms with E-state index in [-0.39, 0.29) is 0 Å². The zero-order chi connectivity index (χ0) is 27.1. The van der Waals surface area contributed by atoms with Crippen LogP contribution in [-0.2, 0) is 0 Å². The normalized spacial score (nSPS) is 12.0. The highest BCUT2D eigenvalue weighted by Gasteiger charge is 2.17. The predicted octanol–water partition coefficient (Wildman–Crippen LogP) is 10.9. The van der Waals surface area contributed by atoms with E-state index in [0.717, 1.165) is 4.47 Å². The van der Waals surface area contributed by atoms with Gasteiger partial charge in [-0.2, -0.15) is 0 Å². The van der Waals surface area contributed by atoms with Gasteiger partial charge in [-0.15, -0.1) is 0 Å². The lowest BCUT2D eigenvalue weighted by atomic mass is 10.0. The lowest BCUT2D eigenvalue weighted by molar-refractivity contribution is 1.18. The molecular formula is C38H23BrN2. The summed E-state index contributed by atoms with van der Waals surface area (Å²) in [7, 11) is 0. The topological polar surface area (TPSA) is 9.86 Å². The first-order valence-corrected chi connectivity index (χ1v) is 14.7. The van der Waals surface area contributed by atoms with Crippen molar-refractivity contribution in [2.75, 3.05) is 0 Å². The van der Waals surface area contributed by atoms with Gasteiger partial charge in [-0.05, 0) is 88.6 Å². The third-order valence-electron chi connectivity index (χ3n) is 8.50. The van der Waals surface area contributed by atoms with Gasteiger partial charge in [0.25, 0.3) is 0 Å². The van der Waals surface area contributed by atoms with E-state index >= 15 is 0 Å². The molecule has 0 radical (unpaired) electrons. The minimum atomic E-state index is 1.08. The predicted molar refractivity (Wildman–Crippen MR) is 177 cm³/mol. The lowest BCUT2D eigenvalue weighted by Gasteiger charge is -2.11. The van der Waals surface area contributed by atoms with Gasteiger partial charge in [0.05, 0.1) is 22.1 Å². The Morgan fingerprint density at radius 2 is 0.976 bits per heavy atom. The molecular weight excluding hydrogens is 564 g/mol. The summed E-state index contributed by atoms with van der Waals surface area (Å²) in [5.41, 5.74) is 9.66. The summed E-state index contributed by atoms with van der Waals surface area (Å²) < 4.78 is 5.87. The molecule has 9 aromatic rings. The Kier molecular flexibility index (Phi) is 4.79. The molecule has 2 aromatic heterocycles. The summed E-state index contributed by atoms with van der Waals surface area (Å²) in [5.74, 6) is 0. The van der Waals surface area contributed by atoms with Crippen molar-refractivity contribution in [1.29, 1.82) is 0 Å². The Morgan fingerprint density at radius 3 is 1.71 bits per heavy atom. The number of aromatic nitrogens is 2. The van der Waals surface area contributed by atoms with Crippen molar-refractivity contribution < 1.29 is 0 Å². The van der Waals surface area contributed by atoms with Gasteiger partial charge >= 0.3 is 0 Å². The van der Waals surface area contributed by atoms with Crippen LogP contribution in [0.5, 0.6) is 0 Å². The molecule has 0 saturated carbocycles. The molecule has 0 spiro atoms. The zero-order valence-electron chi connectivity index (χ0n) is 22.1. The fourth-order valence-electron chi connectivity index (χ4n) is 6.75. The quantitative estimate of drug-likeness (QED) is 0.182. The summed E-state index contributed by atoms with van der Waals surface area (Å²) in [6.07, 6.45) is 0. The molecule has 41 heavy (non-hydrogen) atoms. The van der Waals surface area contributed by atoms with Crippen LogP contribution in [0.15, 0.2) is 144 Å². The van der Waals surface area contributed by atoms with Crippen LogP contribution in [0.4, 0.5) is 0 Å². The van der Waals surface area contributed by atoms with Gasteiger partial charge in [0.15, 0.2) is 0 Å². The van der Waals surface area contributed by atoms with E-state index in [2.05, 4.69) is 165 Å². The maximum Gasteiger partial charge on any atom is 0.0547 e. The molecule has 192 valence electrons. The van der Waals surface area contributed by atoms with Gasteiger partial charge in [0, 0.05) is 37.4 Å². The Labute approximate surface area is 245 Å². The number of halogens is 1. The minimum absolute atomic E-state index is 1.08. The second kappa shape index (κ2) is 8.57. The minimum Gasteiger partial charge on any atom is -0.309 e. The van der Waals surface area contributed by atoms with Crippen LogP contribution in [0.3, 0.4) is 0 Å². The van der Waals surface area contributed by atoms with Crippen molar-refractivity contribution >= 4 is 70.3 Å². The van der Waals surface area contributed by atoms with Gasteiger partial charge < -0.3 is 9.13 Å². The molecule has 2 nitrogen and oxygen atoms in total. The molecule has 0 unspecified atom stereocenters. The average Bonchev–Trinajstić information content (AvgIpc) is 3.54. The number of hydrogen-bond acceptors (Lipinski definition) is 0. The SMILES string of the molecule is Brc1ccc2c(c1)c1cc(-c3cccc(-n4c5cccc6ccc7cccc4c7c65)c3)ccc1n2-c1ccccc1. The molecule has 0 N–H and O–H groups in total. The van der Waals surface area contributed by atoms with Gasteiger partial charge in [-0.3, -0.25) is 0 Å². The van der Waals surface area contributed by atoms with Crippen molar-refractivity contribution in [2.24, 2.45) is 0 Å². The summed E-state index contributed by atoms with van der Waals surface area (Å²) in [6.45, 7) is 0. The molecule has 9 rings (SSSR count). The van der Waals surface area contributed by atoms with Crippen LogP contribution in [0, 0.1) is 0 Å². The van der Waals surface area contributed by atoms with E-state index in [4.69, 9.17) is 0 Å². The van der Waals surface area contributed by atoms with Crippen molar-refractivity contribution in [3.63, 3.8) is 0 Å². The molecule has 0 aliphatic carbocycles. The molecule has 0 saturated heterocycles. The van der Waals surface area contributed by atoms with Crippen LogP contribution in [0.1, 0.15) is 0 Å². The van der Waals surface area contributed by atoms with Crippen LogP contribution in [-0.4, -0.2) is 9.13 Å². The molecule has 0 fully saturated rings. The first kappa shape index (κ1) is 22.9. The van der Waals surface area contributed by atoms with Crippen LogP contribution < -0.4 is 0 Å². The fourth-order valence-corrected chi connectivity index (χ4v) is 7.11. The zero-order valence-corrected chi connectivity index (χ0v) is 23.6. The van der Waals surface area contributed by atoms with E-state index in [9.17, 15) is 0 Å². The average molecular weight is 588 g/mol. The molecule has 0 bridgehead atoms. The summed E-state index contributed by atoms with van der Waals surface area (Å²) >= 11 is 3.72. The van der Waals surface area contributed by atoms with Crippen molar-refractivity contribution in [2.45, 2.75) is 0 Å². The lowest BCUT2D eigenvalue weighted by Crippen LogP contribution is -1.94. The molecule has 3 heteroatoms. The second-order valence-corrected chi connectivity index (χ2v) is 11.7. The fraction of sp³-hybridized carbons (Fsp3) is 0. The van der Waals surface area contributed by atoms with E-state index in [1.165, 1.54) is 76.9 Å². The van der Waals surface area contributed by atoms with E-state index in [0.29, 0.717) is 0 Å². The highest BCUT2D eigenvalue weighted by Crippen LogP contribution is 2.40. The number of fused-ring (bicyclic) bond motifs is 3. The molecule has 0 aliphatic heterocycles. The van der Waals surface area contributed by atoms with Crippen molar-refractivity contribution in [3.05, 3.63) is 144 Å². The highest BCUT2D eigenvalue weighted by atomic mass is 79.9.